The van der Waals surface area contributed by atoms with Gasteiger partial charge in [-0.25, -0.2) is 4.98 Å². The molecule has 0 bridgehead atoms. The van der Waals surface area contributed by atoms with E-state index >= 15 is 0 Å². The van der Waals surface area contributed by atoms with Crippen molar-refractivity contribution in [1.82, 2.24) is 9.88 Å². The zero-order valence-corrected chi connectivity index (χ0v) is 12.6. The molecular formula is C14H22ClN3O. The Balaban J connectivity index is 2.05. The topological polar surface area (TPSA) is 39.6 Å². The maximum atomic E-state index is 9.25. The first-order chi connectivity index (χ1) is 8.91. The molecule has 5 heteroatoms. The average Bonchev–Trinajstić information content (AvgIpc) is 2.38. The van der Waals surface area contributed by atoms with E-state index in [4.69, 9.17) is 11.6 Å². The van der Waals surface area contributed by atoms with Gasteiger partial charge in [-0.2, -0.15) is 0 Å². The van der Waals surface area contributed by atoms with Crippen molar-refractivity contribution in [3.05, 3.63) is 22.8 Å². The molecule has 0 radical (unpaired) electrons. The number of aliphatic hydroxyl groups excluding tert-OH is 1. The summed E-state index contributed by atoms with van der Waals surface area (Å²) in [6.45, 7) is 10.7. The van der Waals surface area contributed by atoms with Crippen LogP contribution in [-0.2, 0) is 6.61 Å². The van der Waals surface area contributed by atoms with Gasteiger partial charge in [0, 0.05) is 43.5 Å². The van der Waals surface area contributed by atoms with E-state index in [9.17, 15) is 5.11 Å². The summed E-state index contributed by atoms with van der Waals surface area (Å²) in [5.74, 6) is 0.905. The molecule has 2 heterocycles. The number of aromatic nitrogens is 1. The maximum Gasteiger partial charge on any atom is 0.129 e. The molecule has 19 heavy (non-hydrogen) atoms. The van der Waals surface area contributed by atoms with E-state index in [1.54, 1.807) is 6.20 Å². The molecule has 0 amide bonds. The van der Waals surface area contributed by atoms with Crippen molar-refractivity contribution < 1.29 is 5.11 Å². The minimum Gasteiger partial charge on any atom is -0.392 e. The van der Waals surface area contributed by atoms with Gasteiger partial charge in [-0.1, -0.05) is 11.6 Å². The zero-order valence-electron chi connectivity index (χ0n) is 11.9. The van der Waals surface area contributed by atoms with Crippen molar-refractivity contribution in [1.29, 1.82) is 0 Å². The van der Waals surface area contributed by atoms with Crippen LogP contribution >= 0.6 is 11.6 Å². The third-order valence-corrected chi connectivity index (χ3v) is 3.98. The van der Waals surface area contributed by atoms with E-state index < -0.39 is 0 Å². The number of hydrogen-bond donors (Lipinski definition) is 1. The predicted octanol–water partition coefficient (Wildman–Crippen LogP) is 2.15. The molecule has 0 aromatic carbocycles. The lowest BCUT2D eigenvalue weighted by atomic mass is 10.0. The summed E-state index contributed by atoms with van der Waals surface area (Å²) in [4.78, 5) is 9.09. The van der Waals surface area contributed by atoms with Gasteiger partial charge in [-0.05, 0) is 26.8 Å². The van der Waals surface area contributed by atoms with Crippen molar-refractivity contribution >= 4 is 17.4 Å². The normalized spacial score (nSPS) is 17.8. The standard InChI is InChI=1S/C14H22ClN3O/c1-14(2,3)18-6-4-17(5-7-18)13-8-11(10-19)12(15)9-16-13/h8-9,19H,4-7,10H2,1-3H3. The number of anilines is 1. The van der Waals surface area contributed by atoms with Gasteiger partial charge in [-0.15, -0.1) is 0 Å². The van der Waals surface area contributed by atoms with E-state index in [0.29, 0.717) is 5.02 Å². The molecule has 1 aliphatic rings. The maximum absolute atomic E-state index is 9.25. The first-order valence-electron chi connectivity index (χ1n) is 6.67. The molecule has 0 unspecified atom stereocenters. The molecule has 1 aromatic rings. The van der Waals surface area contributed by atoms with Crippen molar-refractivity contribution in [2.24, 2.45) is 0 Å². The number of hydrogen-bond acceptors (Lipinski definition) is 4. The molecule has 2 rings (SSSR count). The van der Waals surface area contributed by atoms with Gasteiger partial charge in [-0.3, -0.25) is 4.90 Å². The fourth-order valence-corrected chi connectivity index (χ4v) is 2.53. The summed E-state index contributed by atoms with van der Waals surface area (Å²) >= 11 is 5.97. The molecule has 0 aliphatic carbocycles. The highest BCUT2D eigenvalue weighted by Crippen LogP contribution is 2.23. The van der Waals surface area contributed by atoms with Gasteiger partial charge in [0.1, 0.15) is 5.82 Å². The van der Waals surface area contributed by atoms with E-state index in [2.05, 4.69) is 35.6 Å². The van der Waals surface area contributed by atoms with Crippen molar-refractivity contribution in [2.45, 2.75) is 32.9 Å². The monoisotopic (exact) mass is 283 g/mol. The number of rotatable bonds is 2. The second-order valence-electron chi connectivity index (χ2n) is 5.94. The van der Waals surface area contributed by atoms with E-state index in [1.165, 1.54) is 0 Å². The molecule has 1 aromatic heterocycles. The SMILES string of the molecule is CC(C)(C)N1CCN(c2cc(CO)c(Cl)cn2)CC1. The van der Waals surface area contributed by atoms with Gasteiger partial charge in [0.15, 0.2) is 0 Å². The van der Waals surface area contributed by atoms with Gasteiger partial charge >= 0.3 is 0 Å². The molecule has 0 atom stereocenters. The second-order valence-corrected chi connectivity index (χ2v) is 6.34. The number of aliphatic hydroxyl groups is 1. The molecule has 1 aliphatic heterocycles. The van der Waals surface area contributed by atoms with Crippen LogP contribution in [0.5, 0.6) is 0 Å². The lowest BCUT2D eigenvalue weighted by Crippen LogP contribution is -2.53. The molecule has 1 N–H and O–H groups in total. The zero-order chi connectivity index (χ0) is 14.0. The van der Waals surface area contributed by atoms with Crippen LogP contribution in [0.2, 0.25) is 5.02 Å². The Labute approximate surface area is 120 Å². The third-order valence-electron chi connectivity index (χ3n) is 3.64. The lowest BCUT2D eigenvalue weighted by molar-refractivity contribution is 0.128. The Hall–Kier alpha value is -0.840. The first kappa shape index (κ1) is 14.6. The fraction of sp³-hybridized carbons (Fsp3) is 0.643. The summed E-state index contributed by atoms with van der Waals surface area (Å²) in [5.41, 5.74) is 0.959. The minimum absolute atomic E-state index is 0.0453. The molecule has 1 saturated heterocycles. The van der Waals surface area contributed by atoms with Gasteiger partial charge in [0.05, 0.1) is 11.6 Å². The van der Waals surface area contributed by atoms with Crippen molar-refractivity contribution in [3.8, 4) is 0 Å². The Morgan fingerprint density at radius 3 is 2.42 bits per heavy atom. The number of halogens is 1. The molecule has 1 fully saturated rings. The molecule has 106 valence electrons. The third kappa shape index (κ3) is 3.38. The Morgan fingerprint density at radius 2 is 1.89 bits per heavy atom. The number of pyridine rings is 1. The quantitative estimate of drug-likeness (QED) is 0.903. The smallest absolute Gasteiger partial charge is 0.129 e. The van der Waals surface area contributed by atoms with Crippen LogP contribution in [0.4, 0.5) is 5.82 Å². The summed E-state index contributed by atoms with van der Waals surface area (Å²) in [6, 6.07) is 1.88. The summed E-state index contributed by atoms with van der Waals surface area (Å²) in [6.07, 6.45) is 1.62. The average molecular weight is 284 g/mol. The van der Waals surface area contributed by atoms with Crippen LogP contribution in [0.3, 0.4) is 0 Å². The van der Waals surface area contributed by atoms with E-state index in [0.717, 1.165) is 37.6 Å². The van der Waals surface area contributed by atoms with E-state index in [-0.39, 0.29) is 12.1 Å². The fourth-order valence-electron chi connectivity index (χ4n) is 2.37. The van der Waals surface area contributed by atoms with Crippen LogP contribution in [0.25, 0.3) is 0 Å². The molecule has 0 saturated carbocycles. The second kappa shape index (κ2) is 5.65. The highest BCUT2D eigenvalue weighted by Gasteiger charge is 2.26. The highest BCUT2D eigenvalue weighted by molar-refractivity contribution is 6.31. The highest BCUT2D eigenvalue weighted by atomic mass is 35.5. The van der Waals surface area contributed by atoms with Gasteiger partial charge in [0.2, 0.25) is 0 Å². The molecule has 0 spiro atoms. The van der Waals surface area contributed by atoms with Gasteiger partial charge in [0.25, 0.3) is 0 Å². The van der Waals surface area contributed by atoms with Crippen LogP contribution in [0, 0.1) is 0 Å². The minimum atomic E-state index is -0.0453. The van der Waals surface area contributed by atoms with Crippen molar-refractivity contribution in [3.63, 3.8) is 0 Å². The number of nitrogens with zero attached hydrogens (tertiary/aromatic N) is 3. The largest absolute Gasteiger partial charge is 0.392 e. The Morgan fingerprint density at radius 1 is 1.26 bits per heavy atom. The summed E-state index contributed by atoms with van der Waals surface area (Å²) < 4.78 is 0. The van der Waals surface area contributed by atoms with Crippen LogP contribution in [0.1, 0.15) is 26.3 Å². The summed E-state index contributed by atoms with van der Waals surface area (Å²) in [7, 11) is 0. The lowest BCUT2D eigenvalue weighted by Gasteiger charge is -2.42. The van der Waals surface area contributed by atoms with E-state index in [1.807, 2.05) is 6.07 Å². The molecule has 4 nitrogen and oxygen atoms in total. The predicted molar refractivity (Wildman–Crippen MR) is 78.7 cm³/mol. The Kier molecular flexibility index (Phi) is 4.33. The summed E-state index contributed by atoms with van der Waals surface area (Å²) in [5, 5.41) is 9.78. The number of piperazine rings is 1. The molecular weight excluding hydrogens is 262 g/mol. The first-order valence-corrected chi connectivity index (χ1v) is 7.05. The van der Waals surface area contributed by atoms with Crippen LogP contribution in [-0.4, -0.2) is 46.7 Å². The Bertz CT molecular complexity index is 437. The van der Waals surface area contributed by atoms with Crippen LogP contribution < -0.4 is 4.90 Å². The van der Waals surface area contributed by atoms with Gasteiger partial charge < -0.3 is 10.0 Å². The van der Waals surface area contributed by atoms with Crippen LogP contribution in [0.15, 0.2) is 12.3 Å². The van der Waals surface area contributed by atoms with Crippen molar-refractivity contribution in [2.75, 3.05) is 31.1 Å².